The van der Waals surface area contributed by atoms with Gasteiger partial charge in [-0.3, -0.25) is 9.59 Å². The van der Waals surface area contributed by atoms with Crippen molar-refractivity contribution in [1.29, 1.82) is 0 Å². The molecule has 4 N–H and O–H groups in total. The van der Waals surface area contributed by atoms with E-state index in [4.69, 9.17) is 5.73 Å². The number of primary amides is 1. The maximum atomic E-state index is 11.8. The van der Waals surface area contributed by atoms with E-state index < -0.39 is 11.9 Å². The first-order valence-corrected chi connectivity index (χ1v) is 6.30. The molecule has 1 rings (SSSR count). The van der Waals surface area contributed by atoms with Crippen molar-refractivity contribution in [2.24, 2.45) is 17.6 Å². The van der Waals surface area contributed by atoms with Crippen LogP contribution in [0.1, 0.15) is 33.1 Å². The Morgan fingerprint density at radius 1 is 1.47 bits per heavy atom. The minimum absolute atomic E-state index is 0.0286. The molecule has 5 heteroatoms. The molecule has 1 aliphatic heterocycles. The molecule has 2 amide bonds. The summed E-state index contributed by atoms with van der Waals surface area (Å²) >= 11 is 0. The zero-order chi connectivity index (χ0) is 12.8. The highest BCUT2D eigenvalue weighted by Crippen LogP contribution is 2.14. The summed E-state index contributed by atoms with van der Waals surface area (Å²) in [4.78, 5) is 22.9. The van der Waals surface area contributed by atoms with Gasteiger partial charge in [-0.15, -0.1) is 0 Å². The van der Waals surface area contributed by atoms with Crippen LogP contribution in [-0.4, -0.2) is 30.9 Å². The summed E-state index contributed by atoms with van der Waals surface area (Å²) in [5.74, 6) is -0.128. The van der Waals surface area contributed by atoms with E-state index >= 15 is 0 Å². The highest BCUT2D eigenvalue weighted by atomic mass is 16.2. The molecular weight excluding hydrogens is 218 g/mol. The molecule has 1 heterocycles. The first-order chi connectivity index (χ1) is 8.00. The molecule has 0 aromatic carbocycles. The van der Waals surface area contributed by atoms with E-state index in [0.29, 0.717) is 12.3 Å². The third kappa shape index (κ3) is 4.73. The van der Waals surface area contributed by atoms with Gasteiger partial charge >= 0.3 is 0 Å². The average molecular weight is 241 g/mol. The number of nitrogens with two attached hydrogens (primary N) is 1. The third-order valence-corrected chi connectivity index (χ3v) is 3.16. The lowest BCUT2D eigenvalue weighted by Crippen LogP contribution is -2.48. The van der Waals surface area contributed by atoms with Crippen molar-refractivity contribution in [2.75, 3.05) is 13.1 Å². The summed E-state index contributed by atoms with van der Waals surface area (Å²) in [7, 11) is 0. The molecule has 1 aliphatic rings. The Kier molecular flexibility index (Phi) is 5.41. The van der Waals surface area contributed by atoms with Crippen LogP contribution in [0.2, 0.25) is 0 Å². The normalized spacial score (nSPS) is 22.2. The molecule has 1 fully saturated rings. The molecule has 0 radical (unpaired) electrons. The number of amides is 2. The van der Waals surface area contributed by atoms with Crippen LogP contribution in [0, 0.1) is 11.8 Å². The number of hydrogen-bond acceptors (Lipinski definition) is 3. The first kappa shape index (κ1) is 14.0. The van der Waals surface area contributed by atoms with E-state index in [-0.39, 0.29) is 11.8 Å². The minimum atomic E-state index is -0.556. The summed E-state index contributed by atoms with van der Waals surface area (Å²) in [5, 5.41) is 5.99. The van der Waals surface area contributed by atoms with E-state index in [1.54, 1.807) is 0 Å². The number of carbonyl (C=O) groups is 2. The number of hydrogen-bond donors (Lipinski definition) is 3. The van der Waals surface area contributed by atoms with Crippen LogP contribution in [0.5, 0.6) is 0 Å². The van der Waals surface area contributed by atoms with Crippen molar-refractivity contribution >= 4 is 11.8 Å². The van der Waals surface area contributed by atoms with E-state index in [9.17, 15) is 9.59 Å². The standard InChI is InChI=1S/C12H23N3O2/c1-8(2)11(12(13)17)15-10(16)6-9-4-3-5-14-7-9/h8-9,11,14H,3-7H2,1-2H3,(H2,13,17)(H,15,16). The van der Waals surface area contributed by atoms with Gasteiger partial charge in [-0.2, -0.15) is 0 Å². The topological polar surface area (TPSA) is 84.2 Å². The fourth-order valence-electron chi connectivity index (χ4n) is 2.16. The fourth-order valence-corrected chi connectivity index (χ4v) is 2.16. The van der Waals surface area contributed by atoms with Gasteiger partial charge in [-0.25, -0.2) is 0 Å². The average Bonchev–Trinajstić information content (AvgIpc) is 2.26. The van der Waals surface area contributed by atoms with Crippen molar-refractivity contribution < 1.29 is 9.59 Å². The number of rotatable bonds is 5. The van der Waals surface area contributed by atoms with Crippen LogP contribution in [-0.2, 0) is 9.59 Å². The highest BCUT2D eigenvalue weighted by Gasteiger charge is 2.23. The molecule has 5 nitrogen and oxygen atoms in total. The zero-order valence-electron chi connectivity index (χ0n) is 10.7. The van der Waals surface area contributed by atoms with Crippen molar-refractivity contribution in [3.63, 3.8) is 0 Å². The molecule has 2 unspecified atom stereocenters. The van der Waals surface area contributed by atoms with Crippen molar-refractivity contribution in [3.05, 3.63) is 0 Å². The zero-order valence-corrected chi connectivity index (χ0v) is 10.7. The molecule has 98 valence electrons. The summed E-state index contributed by atoms with van der Waals surface area (Å²) in [6, 6.07) is -0.556. The van der Waals surface area contributed by atoms with Crippen molar-refractivity contribution in [2.45, 2.75) is 39.2 Å². The Bertz CT molecular complexity index is 273. The lowest BCUT2D eigenvalue weighted by atomic mass is 9.95. The minimum Gasteiger partial charge on any atom is -0.368 e. The summed E-state index contributed by atoms with van der Waals surface area (Å²) < 4.78 is 0. The van der Waals surface area contributed by atoms with Crippen LogP contribution in [0.25, 0.3) is 0 Å². The monoisotopic (exact) mass is 241 g/mol. The Morgan fingerprint density at radius 3 is 2.65 bits per heavy atom. The van der Waals surface area contributed by atoms with Crippen LogP contribution < -0.4 is 16.4 Å². The molecule has 0 aromatic rings. The molecule has 0 saturated carbocycles. The van der Waals surface area contributed by atoms with Gasteiger partial charge in [0, 0.05) is 6.42 Å². The number of piperidine rings is 1. The molecule has 0 spiro atoms. The van der Waals surface area contributed by atoms with Crippen LogP contribution >= 0.6 is 0 Å². The van der Waals surface area contributed by atoms with Crippen LogP contribution in [0.3, 0.4) is 0 Å². The predicted molar refractivity (Wildman–Crippen MR) is 66.2 cm³/mol. The van der Waals surface area contributed by atoms with Crippen LogP contribution in [0.4, 0.5) is 0 Å². The summed E-state index contributed by atoms with van der Waals surface area (Å²) in [6.07, 6.45) is 2.66. The maximum Gasteiger partial charge on any atom is 0.240 e. The van der Waals surface area contributed by atoms with Gasteiger partial charge < -0.3 is 16.4 Å². The molecule has 0 aromatic heterocycles. The molecule has 2 atom stereocenters. The van der Waals surface area contributed by atoms with E-state index in [2.05, 4.69) is 10.6 Å². The van der Waals surface area contributed by atoms with Gasteiger partial charge in [-0.1, -0.05) is 13.8 Å². The van der Waals surface area contributed by atoms with Crippen molar-refractivity contribution in [3.8, 4) is 0 Å². The smallest absolute Gasteiger partial charge is 0.240 e. The Hall–Kier alpha value is -1.10. The first-order valence-electron chi connectivity index (χ1n) is 6.30. The number of nitrogens with one attached hydrogen (secondary N) is 2. The summed E-state index contributed by atoms with van der Waals surface area (Å²) in [5.41, 5.74) is 5.25. The second kappa shape index (κ2) is 6.59. The lowest BCUT2D eigenvalue weighted by molar-refractivity contribution is -0.128. The van der Waals surface area contributed by atoms with E-state index in [1.807, 2.05) is 13.8 Å². The highest BCUT2D eigenvalue weighted by molar-refractivity contribution is 5.86. The number of carbonyl (C=O) groups excluding carboxylic acids is 2. The summed E-state index contributed by atoms with van der Waals surface area (Å²) in [6.45, 7) is 5.67. The molecular formula is C12H23N3O2. The maximum absolute atomic E-state index is 11.8. The van der Waals surface area contributed by atoms with Gasteiger partial charge in [-0.05, 0) is 37.8 Å². The van der Waals surface area contributed by atoms with Gasteiger partial charge in [0.2, 0.25) is 11.8 Å². The SMILES string of the molecule is CC(C)C(NC(=O)CC1CCCNC1)C(N)=O. The molecule has 0 bridgehead atoms. The second-order valence-electron chi connectivity index (χ2n) is 5.11. The van der Waals surface area contributed by atoms with Crippen LogP contribution in [0.15, 0.2) is 0 Å². The van der Waals surface area contributed by atoms with Gasteiger partial charge in [0.05, 0.1) is 0 Å². The van der Waals surface area contributed by atoms with Gasteiger partial charge in [0.1, 0.15) is 6.04 Å². The second-order valence-corrected chi connectivity index (χ2v) is 5.11. The predicted octanol–water partition coefficient (Wildman–Crippen LogP) is 0.00220. The third-order valence-electron chi connectivity index (χ3n) is 3.16. The molecule has 17 heavy (non-hydrogen) atoms. The van der Waals surface area contributed by atoms with Gasteiger partial charge in [0.25, 0.3) is 0 Å². The Labute approximate surface area is 103 Å². The molecule has 1 saturated heterocycles. The Morgan fingerprint density at radius 2 is 2.18 bits per heavy atom. The van der Waals surface area contributed by atoms with Gasteiger partial charge in [0.15, 0.2) is 0 Å². The van der Waals surface area contributed by atoms with Crippen molar-refractivity contribution in [1.82, 2.24) is 10.6 Å². The lowest BCUT2D eigenvalue weighted by Gasteiger charge is -2.24. The molecule has 0 aliphatic carbocycles. The van der Waals surface area contributed by atoms with E-state index in [0.717, 1.165) is 25.9 Å². The fraction of sp³-hybridized carbons (Fsp3) is 0.833. The largest absolute Gasteiger partial charge is 0.368 e. The Balaban J connectivity index is 2.38. The quantitative estimate of drug-likeness (QED) is 0.633. The van der Waals surface area contributed by atoms with E-state index in [1.165, 1.54) is 0 Å².